The van der Waals surface area contributed by atoms with Gasteiger partial charge in [0.15, 0.2) is 0 Å². The van der Waals surface area contributed by atoms with E-state index in [9.17, 15) is 0 Å². The highest BCUT2D eigenvalue weighted by molar-refractivity contribution is 5.64. The number of hydrogen-bond donors (Lipinski definition) is 0. The van der Waals surface area contributed by atoms with Crippen molar-refractivity contribution in [1.29, 1.82) is 0 Å². The van der Waals surface area contributed by atoms with Gasteiger partial charge in [0.1, 0.15) is 0 Å². The Balaban J connectivity index is 1.58. The minimum Gasteiger partial charge on any atom is -0.374 e. The molecule has 0 amide bonds. The van der Waals surface area contributed by atoms with Crippen LogP contribution in [0.4, 0.5) is 0 Å². The van der Waals surface area contributed by atoms with Gasteiger partial charge in [-0.1, -0.05) is 88.6 Å². The maximum absolute atomic E-state index is 6.06. The second kappa shape index (κ2) is 12.4. The molecule has 1 aliphatic carbocycles. The molecule has 0 N–H and O–H groups in total. The van der Waals surface area contributed by atoms with Gasteiger partial charge in [0.25, 0.3) is 0 Å². The van der Waals surface area contributed by atoms with E-state index >= 15 is 0 Å². The van der Waals surface area contributed by atoms with Crippen molar-refractivity contribution in [3.63, 3.8) is 0 Å². The third-order valence-electron chi connectivity index (χ3n) is 7.13. The van der Waals surface area contributed by atoms with Crippen LogP contribution in [0.5, 0.6) is 0 Å². The van der Waals surface area contributed by atoms with Gasteiger partial charge < -0.3 is 4.74 Å². The van der Waals surface area contributed by atoms with Crippen molar-refractivity contribution in [1.82, 2.24) is 4.90 Å². The van der Waals surface area contributed by atoms with Crippen molar-refractivity contribution in [2.24, 2.45) is 5.92 Å². The zero-order valence-electron chi connectivity index (χ0n) is 20.3. The summed E-state index contributed by atoms with van der Waals surface area (Å²) in [6, 6.07) is 18.6. The van der Waals surface area contributed by atoms with Gasteiger partial charge >= 0.3 is 0 Å². The zero-order chi connectivity index (χ0) is 22.1. The van der Waals surface area contributed by atoms with Crippen LogP contribution in [0.25, 0.3) is 11.1 Å². The molecule has 2 heteroatoms. The second-order valence-corrected chi connectivity index (χ2v) is 9.55. The molecule has 2 unspecified atom stereocenters. The van der Waals surface area contributed by atoms with Gasteiger partial charge in [0.05, 0.1) is 12.7 Å². The van der Waals surface area contributed by atoms with Crippen molar-refractivity contribution in [3.05, 3.63) is 59.7 Å². The lowest BCUT2D eigenvalue weighted by atomic mass is 9.99. The second-order valence-electron chi connectivity index (χ2n) is 9.55. The predicted octanol–water partition coefficient (Wildman–Crippen LogP) is 8.02. The van der Waals surface area contributed by atoms with Crippen molar-refractivity contribution in [2.75, 3.05) is 13.1 Å². The normalized spacial score (nSPS) is 16.7. The number of nitrogens with zero attached hydrogens (tertiary/aromatic N) is 1. The summed E-state index contributed by atoms with van der Waals surface area (Å²) in [6.45, 7) is 12.4. The van der Waals surface area contributed by atoms with E-state index in [0.29, 0.717) is 12.1 Å². The fourth-order valence-corrected chi connectivity index (χ4v) is 4.60. The van der Waals surface area contributed by atoms with Gasteiger partial charge in [-0.3, -0.25) is 4.90 Å². The number of hydrogen-bond acceptors (Lipinski definition) is 2. The monoisotopic (exact) mass is 421 g/mol. The van der Waals surface area contributed by atoms with Crippen LogP contribution >= 0.6 is 0 Å². The van der Waals surface area contributed by atoms with Crippen LogP contribution in [0.3, 0.4) is 0 Å². The first kappa shape index (κ1) is 24.0. The van der Waals surface area contributed by atoms with E-state index in [0.717, 1.165) is 12.5 Å². The van der Waals surface area contributed by atoms with Crippen molar-refractivity contribution in [3.8, 4) is 11.1 Å². The molecule has 170 valence electrons. The maximum atomic E-state index is 6.06. The van der Waals surface area contributed by atoms with E-state index in [1.165, 1.54) is 80.3 Å². The third-order valence-corrected chi connectivity index (χ3v) is 7.13. The maximum Gasteiger partial charge on any atom is 0.0720 e. The smallest absolute Gasteiger partial charge is 0.0720 e. The molecule has 2 atom stereocenters. The predicted molar refractivity (Wildman–Crippen MR) is 133 cm³/mol. The molecule has 0 aliphatic heterocycles. The Kier molecular flexibility index (Phi) is 9.61. The van der Waals surface area contributed by atoms with Crippen LogP contribution in [0.15, 0.2) is 48.5 Å². The first-order chi connectivity index (χ1) is 15.1. The summed E-state index contributed by atoms with van der Waals surface area (Å²) in [5.41, 5.74) is 5.27. The molecular formula is C29H43NO. The molecule has 2 nitrogen and oxygen atoms in total. The summed E-state index contributed by atoms with van der Waals surface area (Å²) >= 11 is 0. The molecule has 1 saturated carbocycles. The first-order valence-corrected chi connectivity index (χ1v) is 12.7. The summed E-state index contributed by atoms with van der Waals surface area (Å²) in [5, 5.41) is 0. The SMILES string of the molecule is CCCN(CCC(C)CC)C(C)c1ccc(-c2ccc(COC3CCCC3)cc2)cc1. The van der Waals surface area contributed by atoms with Crippen LogP contribution in [0.1, 0.15) is 89.8 Å². The number of rotatable bonds is 12. The van der Waals surface area contributed by atoms with Gasteiger partial charge in [0.2, 0.25) is 0 Å². The molecule has 3 rings (SSSR count). The van der Waals surface area contributed by atoms with Crippen LogP contribution in [0.2, 0.25) is 0 Å². The standard InChI is InChI=1S/C29H43NO/c1-5-20-30(21-19-23(3)6-2)24(4)26-15-17-28(18-16-26)27-13-11-25(12-14-27)22-31-29-9-7-8-10-29/h11-18,23-24,29H,5-10,19-22H2,1-4H3. The molecule has 0 heterocycles. The fourth-order valence-electron chi connectivity index (χ4n) is 4.60. The first-order valence-electron chi connectivity index (χ1n) is 12.7. The largest absolute Gasteiger partial charge is 0.374 e. The molecule has 1 fully saturated rings. The molecule has 31 heavy (non-hydrogen) atoms. The molecule has 2 aromatic carbocycles. The quantitative estimate of drug-likeness (QED) is 0.344. The Morgan fingerprint density at radius 3 is 2.06 bits per heavy atom. The van der Waals surface area contributed by atoms with E-state index in [1.54, 1.807) is 0 Å². The van der Waals surface area contributed by atoms with Crippen LogP contribution < -0.4 is 0 Å². The Morgan fingerprint density at radius 2 is 1.48 bits per heavy atom. The Labute approximate surface area is 191 Å². The fraction of sp³-hybridized carbons (Fsp3) is 0.586. The van der Waals surface area contributed by atoms with Crippen molar-refractivity contribution >= 4 is 0 Å². The van der Waals surface area contributed by atoms with Crippen molar-refractivity contribution < 1.29 is 4.74 Å². The summed E-state index contributed by atoms with van der Waals surface area (Å²) in [5.74, 6) is 0.806. The minimum absolute atomic E-state index is 0.466. The Hall–Kier alpha value is -1.64. The summed E-state index contributed by atoms with van der Waals surface area (Å²) < 4.78 is 6.06. The van der Waals surface area contributed by atoms with Gasteiger partial charge in [0, 0.05) is 6.04 Å². The van der Waals surface area contributed by atoms with Gasteiger partial charge in [-0.25, -0.2) is 0 Å². The molecule has 0 radical (unpaired) electrons. The lowest BCUT2D eigenvalue weighted by Gasteiger charge is -2.30. The van der Waals surface area contributed by atoms with E-state index in [4.69, 9.17) is 4.74 Å². The van der Waals surface area contributed by atoms with Gasteiger partial charge in [-0.15, -0.1) is 0 Å². The van der Waals surface area contributed by atoms with Crippen LogP contribution in [0, 0.1) is 5.92 Å². The van der Waals surface area contributed by atoms with E-state index in [2.05, 4.69) is 81.1 Å². The average Bonchev–Trinajstić information content (AvgIpc) is 3.34. The number of benzene rings is 2. The van der Waals surface area contributed by atoms with E-state index in [1.807, 2.05) is 0 Å². The van der Waals surface area contributed by atoms with Crippen LogP contribution in [-0.2, 0) is 11.3 Å². The molecule has 0 spiro atoms. The topological polar surface area (TPSA) is 12.5 Å². The zero-order valence-corrected chi connectivity index (χ0v) is 20.3. The van der Waals surface area contributed by atoms with E-state index < -0.39 is 0 Å². The molecule has 0 aromatic heterocycles. The number of ether oxygens (including phenoxy) is 1. The highest BCUT2D eigenvalue weighted by atomic mass is 16.5. The minimum atomic E-state index is 0.466. The Bertz CT molecular complexity index is 745. The van der Waals surface area contributed by atoms with Gasteiger partial charge in [-0.2, -0.15) is 0 Å². The average molecular weight is 422 g/mol. The molecule has 1 aliphatic rings. The van der Waals surface area contributed by atoms with Gasteiger partial charge in [-0.05, 0) is 73.9 Å². The Morgan fingerprint density at radius 1 is 0.871 bits per heavy atom. The molecular weight excluding hydrogens is 378 g/mol. The van der Waals surface area contributed by atoms with Crippen molar-refractivity contribution in [2.45, 2.75) is 91.4 Å². The van der Waals surface area contributed by atoms with Crippen LogP contribution in [-0.4, -0.2) is 24.1 Å². The summed E-state index contributed by atoms with van der Waals surface area (Å²) in [4.78, 5) is 2.65. The summed E-state index contributed by atoms with van der Waals surface area (Å²) in [6.07, 6.45) is 9.36. The lowest BCUT2D eigenvalue weighted by molar-refractivity contribution is 0.0457. The molecule has 0 saturated heterocycles. The highest BCUT2D eigenvalue weighted by Crippen LogP contribution is 2.27. The summed E-state index contributed by atoms with van der Waals surface area (Å²) in [7, 11) is 0. The lowest BCUT2D eigenvalue weighted by Crippen LogP contribution is -2.29. The molecule has 0 bridgehead atoms. The third kappa shape index (κ3) is 7.19. The highest BCUT2D eigenvalue weighted by Gasteiger charge is 2.17. The van der Waals surface area contributed by atoms with E-state index in [-0.39, 0.29) is 0 Å². The molecule has 2 aromatic rings.